The van der Waals surface area contributed by atoms with Crippen LogP contribution >= 0.6 is 0 Å². The van der Waals surface area contributed by atoms with Crippen LogP contribution in [0.2, 0.25) is 0 Å². The van der Waals surface area contributed by atoms with Gasteiger partial charge in [0.2, 0.25) is 11.9 Å². The normalized spacial score (nSPS) is 16.1. The van der Waals surface area contributed by atoms with Crippen LogP contribution in [0, 0.1) is 0 Å². The minimum atomic E-state index is -0.475. The molecule has 0 bridgehead atoms. The molecule has 0 unspecified atom stereocenters. The number of nitrogen functional groups attached to an aromatic ring is 1. The molecule has 0 aromatic carbocycles. The molecule has 0 spiro atoms. The van der Waals surface area contributed by atoms with Gasteiger partial charge in [-0.1, -0.05) is 0 Å². The number of piperazine rings is 1. The van der Waals surface area contributed by atoms with Crippen LogP contribution in [-0.2, 0) is 4.74 Å². The first-order chi connectivity index (χ1) is 9.35. The Labute approximate surface area is 118 Å². The highest BCUT2D eigenvalue weighted by molar-refractivity contribution is 5.68. The second-order valence-corrected chi connectivity index (χ2v) is 5.60. The van der Waals surface area contributed by atoms with Gasteiger partial charge in [0.05, 0.1) is 0 Å². The lowest BCUT2D eigenvalue weighted by Gasteiger charge is -2.35. The SMILES string of the molecule is CC(C)(C)OC(=O)N1CCN(c2ncnc(N)n2)CC1. The number of aromatic nitrogens is 3. The summed E-state index contributed by atoms with van der Waals surface area (Å²) < 4.78 is 5.34. The van der Waals surface area contributed by atoms with Crippen LogP contribution in [0.4, 0.5) is 16.7 Å². The smallest absolute Gasteiger partial charge is 0.410 e. The summed E-state index contributed by atoms with van der Waals surface area (Å²) in [5, 5.41) is 0. The molecular formula is C12H20N6O2. The predicted octanol–water partition coefficient (Wildman–Crippen LogP) is 0.511. The zero-order chi connectivity index (χ0) is 14.8. The lowest BCUT2D eigenvalue weighted by Crippen LogP contribution is -2.50. The van der Waals surface area contributed by atoms with E-state index >= 15 is 0 Å². The maximum atomic E-state index is 11.9. The molecule has 1 saturated heterocycles. The Kier molecular flexibility index (Phi) is 3.91. The average molecular weight is 280 g/mol. The molecule has 1 aromatic heterocycles. The number of carbonyl (C=O) groups is 1. The van der Waals surface area contributed by atoms with Crippen molar-refractivity contribution in [2.24, 2.45) is 0 Å². The molecule has 1 aliphatic rings. The van der Waals surface area contributed by atoms with E-state index in [-0.39, 0.29) is 12.0 Å². The maximum Gasteiger partial charge on any atom is 0.410 e. The second kappa shape index (κ2) is 5.48. The van der Waals surface area contributed by atoms with Crippen LogP contribution in [0.15, 0.2) is 6.33 Å². The Morgan fingerprint density at radius 1 is 1.25 bits per heavy atom. The molecule has 0 saturated carbocycles. The zero-order valence-electron chi connectivity index (χ0n) is 12.0. The molecule has 20 heavy (non-hydrogen) atoms. The summed E-state index contributed by atoms with van der Waals surface area (Å²) >= 11 is 0. The fraction of sp³-hybridized carbons (Fsp3) is 0.667. The first kappa shape index (κ1) is 14.3. The molecule has 1 aliphatic heterocycles. The Bertz CT molecular complexity index is 479. The molecule has 2 rings (SSSR count). The zero-order valence-corrected chi connectivity index (χ0v) is 12.0. The molecule has 1 amide bonds. The van der Waals surface area contributed by atoms with Gasteiger partial charge in [0, 0.05) is 26.2 Å². The standard InChI is InChI=1S/C12H20N6O2/c1-12(2,3)20-11(19)18-6-4-17(5-7-18)10-15-8-14-9(13)16-10/h8H,4-7H2,1-3H3,(H2,13,14,15,16). The van der Waals surface area contributed by atoms with Crippen molar-refractivity contribution in [3.8, 4) is 0 Å². The van der Waals surface area contributed by atoms with Crippen molar-refractivity contribution in [1.29, 1.82) is 0 Å². The number of ether oxygens (including phenoxy) is 1. The van der Waals surface area contributed by atoms with E-state index in [2.05, 4.69) is 15.0 Å². The molecule has 110 valence electrons. The van der Waals surface area contributed by atoms with Gasteiger partial charge in [-0.2, -0.15) is 4.98 Å². The summed E-state index contributed by atoms with van der Waals surface area (Å²) in [6, 6.07) is 0. The summed E-state index contributed by atoms with van der Waals surface area (Å²) in [6.07, 6.45) is 1.10. The number of hydrogen-bond donors (Lipinski definition) is 1. The fourth-order valence-electron chi connectivity index (χ4n) is 1.87. The van der Waals surface area contributed by atoms with Crippen LogP contribution in [-0.4, -0.2) is 57.7 Å². The third kappa shape index (κ3) is 3.69. The van der Waals surface area contributed by atoms with E-state index in [1.165, 1.54) is 6.33 Å². The van der Waals surface area contributed by atoms with Crippen molar-refractivity contribution in [2.75, 3.05) is 36.8 Å². The number of carbonyl (C=O) groups excluding carboxylic acids is 1. The third-order valence-electron chi connectivity index (χ3n) is 2.79. The fourth-order valence-corrected chi connectivity index (χ4v) is 1.87. The summed E-state index contributed by atoms with van der Waals surface area (Å²) in [5.74, 6) is 0.742. The summed E-state index contributed by atoms with van der Waals surface area (Å²) in [4.78, 5) is 27.5. The summed E-state index contributed by atoms with van der Waals surface area (Å²) in [5.41, 5.74) is 5.06. The van der Waals surface area contributed by atoms with Crippen LogP contribution in [0.5, 0.6) is 0 Å². The van der Waals surface area contributed by atoms with Gasteiger partial charge in [0.15, 0.2) is 0 Å². The summed E-state index contributed by atoms with van der Waals surface area (Å²) in [6.45, 7) is 7.99. The minimum Gasteiger partial charge on any atom is -0.444 e. The number of rotatable bonds is 1. The molecule has 0 aliphatic carbocycles. The number of amides is 1. The van der Waals surface area contributed by atoms with Crippen molar-refractivity contribution >= 4 is 18.0 Å². The monoisotopic (exact) mass is 280 g/mol. The first-order valence-corrected chi connectivity index (χ1v) is 6.52. The highest BCUT2D eigenvalue weighted by atomic mass is 16.6. The van der Waals surface area contributed by atoms with E-state index in [0.717, 1.165) is 0 Å². The summed E-state index contributed by atoms with van der Waals surface area (Å²) in [7, 11) is 0. The van der Waals surface area contributed by atoms with Gasteiger partial charge in [0.1, 0.15) is 11.9 Å². The molecule has 1 fully saturated rings. The van der Waals surface area contributed by atoms with Crippen molar-refractivity contribution < 1.29 is 9.53 Å². The second-order valence-electron chi connectivity index (χ2n) is 5.60. The van der Waals surface area contributed by atoms with E-state index in [9.17, 15) is 4.79 Å². The molecule has 1 aromatic rings. The van der Waals surface area contributed by atoms with Crippen LogP contribution in [0.25, 0.3) is 0 Å². The van der Waals surface area contributed by atoms with E-state index < -0.39 is 5.60 Å². The molecule has 8 heteroatoms. The van der Waals surface area contributed by atoms with Crippen LogP contribution in [0.1, 0.15) is 20.8 Å². The van der Waals surface area contributed by atoms with Gasteiger partial charge in [-0.25, -0.2) is 14.8 Å². The van der Waals surface area contributed by atoms with E-state index in [1.54, 1.807) is 4.90 Å². The Balaban J connectivity index is 1.91. The van der Waals surface area contributed by atoms with Gasteiger partial charge < -0.3 is 20.3 Å². The predicted molar refractivity (Wildman–Crippen MR) is 74.3 cm³/mol. The largest absolute Gasteiger partial charge is 0.444 e. The van der Waals surface area contributed by atoms with Crippen molar-refractivity contribution in [1.82, 2.24) is 19.9 Å². The van der Waals surface area contributed by atoms with Gasteiger partial charge in [-0.3, -0.25) is 0 Å². The van der Waals surface area contributed by atoms with Crippen molar-refractivity contribution in [2.45, 2.75) is 26.4 Å². The Hall–Kier alpha value is -2.12. The van der Waals surface area contributed by atoms with E-state index in [0.29, 0.717) is 32.1 Å². The minimum absolute atomic E-state index is 0.199. The van der Waals surface area contributed by atoms with Crippen molar-refractivity contribution in [3.63, 3.8) is 0 Å². The number of anilines is 2. The molecule has 8 nitrogen and oxygen atoms in total. The van der Waals surface area contributed by atoms with Crippen LogP contribution in [0.3, 0.4) is 0 Å². The topological polar surface area (TPSA) is 97.5 Å². The van der Waals surface area contributed by atoms with Gasteiger partial charge in [-0.15, -0.1) is 0 Å². The molecule has 0 radical (unpaired) electrons. The maximum absolute atomic E-state index is 11.9. The number of nitrogens with zero attached hydrogens (tertiary/aromatic N) is 5. The number of nitrogens with two attached hydrogens (primary N) is 1. The Morgan fingerprint density at radius 2 is 1.90 bits per heavy atom. The van der Waals surface area contributed by atoms with Gasteiger partial charge in [-0.05, 0) is 20.8 Å². The average Bonchev–Trinajstić information content (AvgIpc) is 2.37. The molecule has 0 atom stereocenters. The van der Waals surface area contributed by atoms with Gasteiger partial charge in [0.25, 0.3) is 0 Å². The highest BCUT2D eigenvalue weighted by Crippen LogP contribution is 2.14. The lowest BCUT2D eigenvalue weighted by molar-refractivity contribution is 0.0240. The lowest BCUT2D eigenvalue weighted by atomic mass is 10.2. The molecule has 2 heterocycles. The van der Waals surface area contributed by atoms with E-state index in [4.69, 9.17) is 10.5 Å². The van der Waals surface area contributed by atoms with Gasteiger partial charge >= 0.3 is 6.09 Å². The van der Waals surface area contributed by atoms with E-state index in [1.807, 2.05) is 25.7 Å². The number of hydrogen-bond acceptors (Lipinski definition) is 7. The first-order valence-electron chi connectivity index (χ1n) is 6.52. The quantitative estimate of drug-likeness (QED) is 0.800. The molecule has 2 N–H and O–H groups in total. The highest BCUT2D eigenvalue weighted by Gasteiger charge is 2.26. The van der Waals surface area contributed by atoms with Crippen molar-refractivity contribution in [3.05, 3.63) is 6.33 Å². The third-order valence-corrected chi connectivity index (χ3v) is 2.79. The Morgan fingerprint density at radius 3 is 2.45 bits per heavy atom. The van der Waals surface area contributed by atoms with Crippen LogP contribution < -0.4 is 10.6 Å². The molecular weight excluding hydrogens is 260 g/mol.